The van der Waals surface area contributed by atoms with Crippen molar-refractivity contribution in [3.05, 3.63) is 0 Å². The molecule has 0 aromatic rings. The van der Waals surface area contributed by atoms with Crippen LogP contribution in [0, 0.1) is 0 Å². The monoisotopic (exact) mass is 203 g/mol. The molecule has 0 aliphatic carbocycles. The lowest BCUT2D eigenvalue weighted by Crippen LogP contribution is -2.42. The SMILES string of the molecule is C1CC(N2CCSCC2)CCS1. The van der Waals surface area contributed by atoms with Gasteiger partial charge in [-0.25, -0.2) is 0 Å². The Hall–Kier alpha value is 0.660. The third kappa shape index (κ3) is 2.33. The predicted molar refractivity (Wildman–Crippen MR) is 59.2 cm³/mol. The zero-order valence-corrected chi connectivity index (χ0v) is 9.13. The second-order valence-corrected chi connectivity index (χ2v) is 5.94. The van der Waals surface area contributed by atoms with Gasteiger partial charge in [0.1, 0.15) is 0 Å². The van der Waals surface area contributed by atoms with Crippen molar-refractivity contribution in [1.82, 2.24) is 4.90 Å². The fraction of sp³-hybridized carbons (Fsp3) is 1.00. The summed E-state index contributed by atoms with van der Waals surface area (Å²) in [6.07, 6.45) is 2.88. The molecule has 0 aromatic carbocycles. The summed E-state index contributed by atoms with van der Waals surface area (Å²) in [7, 11) is 0. The molecule has 2 rings (SSSR count). The number of rotatable bonds is 1. The summed E-state index contributed by atoms with van der Waals surface area (Å²) in [6.45, 7) is 2.69. The van der Waals surface area contributed by atoms with E-state index >= 15 is 0 Å². The van der Waals surface area contributed by atoms with E-state index in [9.17, 15) is 0 Å². The quantitative estimate of drug-likeness (QED) is 0.641. The maximum atomic E-state index is 2.72. The maximum Gasteiger partial charge on any atom is 0.0112 e. The zero-order valence-electron chi connectivity index (χ0n) is 7.50. The van der Waals surface area contributed by atoms with Crippen molar-refractivity contribution in [3.8, 4) is 0 Å². The third-order valence-electron chi connectivity index (χ3n) is 2.75. The number of hydrogen-bond donors (Lipinski definition) is 0. The van der Waals surface area contributed by atoms with Crippen molar-refractivity contribution < 1.29 is 0 Å². The van der Waals surface area contributed by atoms with Crippen LogP contribution in [0.3, 0.4) is 0 Å². The zero-order chi connectivity index (χ0) is 8.23. The number of thioether (sulfide) groups is 2. The molecule has 2 heterocycles. The summed E-state index contributed by atoms with van der Waals surface area (Å²) in [5.74, 6) is 5.52. The minimum atomic E-state index is 0.937. The Bertz CT molecular complexity index is 112. The molecule has 0 radical (unpaired) electrons. The first kappa shape index (κ1) is 9.22. The van der Waals surface area contributed by atoms with Crippen LogP contribution in [0.15, 0.2) is 0 Å². The molecule has 0 aromatic heterocycles. The summed E-state index contributed by atoms with van der Waals surface area (Å²) < 4.78 is 0. The highest BCUT2D eigenvalue weighted by Gasteiger charge is 2.22. The van der Waals surface area contributed by atoms with Gasteiger partial charge in [0.25, 0.3) is 0 Å². The van der Waals surface area contributed by atoms with Crippen LogP contribution in [0.4, 0.5) is 0 Å². The van der Waals surface area contributed by atoms with E-state index in [1.54, 1.807) is 0 Å². The van der Waals surface area contributed by atoms with Crippen molar-refractivity contribution in [2.45, 2.75) is 18.9 Å². The first-order valence-electron chi connectivity index (χ1n) is 4.86. The summed E-state index contributed by atoms with van der Waals surface area (Å²) in [5.41, 5.74) is 0. The minimum Gasteiger partial charge on any atom is -0.299 e. The molecule has 70 valence electrons. The lowest BCUT2D eigenvalue weighted by molar-refractivity contribution is 0.204. The fourth-order valence-corrected chi connectivity index (χ4v) is 4.01. The molecule has 0 unspecified atom stereocenters. The third-order valence-corrected chi connectivity index (χ3v) is 4.74. The van der Waals surface area contributed by atoms with E-state index in [-0.39, 0.29) is 0 Å². The van der Waals surface area contributed by atoms with Gasteiger partial charge in [-0.2, -0.15) is 23.5 Å². The van der Waals surface area contributed by atoms with Gasteiger partial charge in [0.15, 0.2) is 0 Å². The van der Waals surface area contributed by atoms with Crippen molar-refractivity contribution in [1.29, 1.82) is 0 Å². The topological polar surface area (TPSA) is 3.24 Å². The van der Waals surface area contributed by atoms with Crippen LogP contribution >= 0.6 is 23.5 Å². The molecule has 0 atom stereocenters. The average molecular weight is 203 g/mol. The molecular formula is C9H17NS2. The average Bonchev–Trinajstić information content (AvgIpc) is 2.21. The van der Waals surface area contributed by atoms with Gasteiger partial charge in [-0.05, 0) is 24.3 Å². The molecule has 2 saturated heterocycles. The van der Waals surface area contributed by atoms with E-state index in [0.717, 1.165) is 6.04 Å². The van der Waals surface area contributed by atoms with E-state index < -0.39 is 0 Å². The van der Waals surface area contributed by atoms with Gasteiger partial charge < -0.3 is 0 Å². The molecule has 12 heavy (non-hydrogen) atoms. The Morgan fingerprint density at radius 2 is 1.42 bits per heavy atom. The highest BCUT2D eigenvalue weighted by atomic mass is 32.2. The first-order chi connectivity index (χ1) is 5.97. The number of nitrogens with zero attached hydrogens (tertiary/aromatic N) is 1. The van der Waals surface area contributed by atoms with Crippen LogP contribution in [-0.4, -0.2) is 47.0 Å². The van der Waals surface area contributed by atoms with Gasteiger partial charge in [0, 0.05) is 30.6 Å². The van der Waals surface area contributed by atoms with Crippen molar-refractivity contribution in [3.63, 3.8) is 0 Å². The van der Waals surface area contributed by atoms with Gasteiger partial charge in [-0.3, -0.25) is 4.90 Å². The summed E-state index contributed by atoms with van der Waals surface area (Å²) in [6, 6.07) is 0.937. The van der Waals surface area contributed by atoms with Gasteiger partial charge in [-0.1, -0.05) is 0 Å². The minimum absolute atomic E-state index is 0.937. The lowest BCUT2D eigenvalue weighted by atomic mass is 10.1. The molecule has 2 fully saturated rings. The highest BCUT2D eigenvalue weighted by Crippen LogP contribution is 2.23. The molecule has 0 N–H and O–H groups in total. The molecule has 2 aliphatic rings. The highest BCUT2D eigenvalue weighted by molar-refractivity contribution is 7.99. The predicted octanol–water partition coefficient (Wildman–Crippen LogP) is 1.93. The molecule has 0 amide bonds. The molecule has 0 spiro atoms. The molecule has 2 aliphatic heterocycles. The van der Waals surface area contributed by atoms with Crippen LogP contribution in [0.1, 0.15) is 12.8 Å². The van der Waals surface area contributed by atoms with Gasteiger partial charge >= 0.3 is 0 Å². The molecule has 3 heteroatoms. The molecular weight excluding hydrogens is 186 g/mol. The second-order valence-electron chi connectivity index (χ2n) is 3.49. The Kier molecular flexibility index (Phi) is 3.67. The molecule has 0 bridgehead atoms. The molecule has 1 nitrogen and oxygen atoms in total. The van der Waals surface area contributed by atoms with Crippen molar-refractivity contribution in [2.75, 3.05) is 36.1 Å². The lowest BCUT2D eigenvalue weighted by Gasteiger charge is -2.36. The van der Waals surface area contributed by atoms with Crippen molar-refractivity contribution in [2.24, 2.45) is 0 Å². The van der Waals surface area contributed by atoms with Gasteiger partial charge in [0.05, 0.1) is 0 Å². The summed E-state index contributed by atoms with van der Waals surface area (Å²) in [4.78, 5) is 2.72. The van der Waals surface area contributed by atoms with Gasteiger partial charge in [0.2, 0.25) is 0 Å². The summed E-state index contributed by atoms with van der Waals surface area (Å²) in [5, 5.41) is 0. The standard InChI is InChI=1S/C9H17NS2/c1-5-11-6-2-9(1)10-3-7-12-8-4-10/h9H,1-8H2. The van der Waals surface area contributed by atoms with Gasteiger partial charge in [-0.15, -0.1) is 0 Å². The smallest absolute Gasteiger partial charge is 0.0112 e. The summed E-state index contributed by atoms with van der Waals surface area (Å²) >= 11 is 4.25. The fourth-order valence-electron chi connectivity index (χ4n) is 1.99. The van der Waals surface area contributed by atoms with Crippen LogP contribution < -0.4 is 0 Å². The Morgan fingerprint density at radius 1 is 0.833 bits per heavy atom. The normalized spacial score (nSPS) is 29.0. The first-order valence-corrected chi connectivity index (χ1v) is 7.17. The largest absolute Gasteiger partial charge is 0.299 e. The van der Waals surface area contributed by atoms with Crippen LogP contribution in [-0.2, 0) is 0 Å². The van der Waals surface area contributed by atoms with E-state index in [1.165, 1.54) is 48.9 Å². The Balaban J connectivity index is 1.80. The van der Waals surface area contributed by atoms with Crippen LogP contribution in [0.25, 0.3) is 0 Å². The maximum absolute atomic E-state index is 2.72. The van der Waals surface area contributed by atoms with Crippen LogP contribution in [0.5, 0.6) is 0 Å². The Labute approximate surface area is 83.7 Å². The Morgan fingerprint density at radius 3 is 2.08 bits per heavy atom. The van der Waals surface area contributed by atoms with Crippen molar-refractivity contribution >= 4 is 23.5 Å². The second kappa shape index (κ2) is 4.77. The van der Waals surface area contributed by atoms with E-state index in [4.69, 9.17) is 0 Å². The van der Waals surface area contributed by atoms with E-state index in [2.05, 4.69) is 28.4 Å². The van der Waals surface area contributed by atoms with Crippen LogP contribution in [0.2, 0.25) is 0 Å². The van der Waals surface area contributed by atoms with E-state index in [0.29, 0.717) is 0 Å². The number of hydrogen-bond acceptors (Lipinski definition) is 3. The molecule has 0 saturated carbocycles. The van der Waals surface area contributed by atoms with E-state index in [1.807, 2.05) is 0 Å².